The second-order valence-corrected chi connectivity index (χ2v) is 5.70. The van der Waals surface area contributed by atoms with Crippen LogP contribution in [0.25, 0.3) is 0 Å². The fourth-order valence-corrected chi connectivity index (χ4v) is 2.79. The van der Waals surface area contributed by atoms with Gasteiger partial charge in [0.05, 0.1) is 17.1 Å². The van der Waals surface area contributed by atoms with E-state index in [1.54, 1.807) is 0 Å². The molecule has 1 aromatic heterocycles. The van der Waals surface area contributed by atoms with E-state index < -0.39 is 0 Å². The molecule has 0 aliphatic rings. The van der Waals surface area contributed by atoms with Crippen molar-refractivity contribution in [2.24, 2.45) is 5.92 Å². The van der Waals surface area contributed by atoms with Gasteiger partial charge in [-0.05, 0) is 42.0 Å². The van der Waals surface area contributed by atoms with Crippen molar-refractivity contribution in [3.05, 3.63) is 46.5 Å². The standard InChI is InChI=1S/C14H19N3S/c1-10(2)7-11-5-4-6-12(8-11)14(15-3)13-9-16-17-18-13/h4-6,8-10,14-15H,7H2,1-3H3. The zero-order valence-electron chi connectivity index (χ0n) is 11.1. The van der Waals surface area contributed by atoms with Gasteiger partial charge in [-0.3, -0.25) is 0 Å². The molecule has 1 aromatic carbocycles. The molecule has 0 fully saturated rings. The van der Waals surface area contributed by atoms with Crippen LogP contribution in [0.5, 0.6) is 0 Å². The fraction of sp³-hybridized carbons (Fsp3) is 0.429. The molecule has 0 amide bonds. The van der Waals surface area contributed by atoms with Crippen LogP contribution in [0.4, 0.5) is 0 Å². The third-order valence-corrected chi connectivity index (χ3v) is 3.61. The Hall–Kier alpha value is -1.26. The first-order chi connectivity index (χ1) is 8.70. The average Bonchev–Trinajstić information content (AvgIpc) is 2.83. The van der Waals surface area contributed by atoms with Crippen LogP contribution < -0.4 is 5.32 Å². The molecule has 1 unspecified atom stereocenters. The van der Waals surface area contributed by atoms with Crippen LogP contribution in [0.2, 0.25) is 0 Å². The van der Waals surface area contributed by atoms with Gasteiger partial charge in [0.1, 0.15) is 0 Å². The normalized spacial score (nSPS) is 12.9. The molecule has 0 radical (unpaired) electrons. The van der Waals surface area contributed by atoms with Crippen molar-refractivity contribution in [1.82, 2.24) is 14.9 Å². The summed E-state index contributed by atoms with van der Waals surface area (Å²) in [5, 5.41) is 7.25. The first kappa shape index (κ1) is 13.2. The Morgan fingerprint density at radius 1 is 1.33 bits per heavy atom. The van der Waals surface area contributed by atoms with E-state index in [-0.39, 0.29) is 6.04 Å². The number of hydrogen-bond donors (Lipinski definition) is 1. The Balaban J connectivity index is 2.26. The topological polar surface area (TPSA) is 37.8 Å². The summed E-state index contributed by atoms with van der Waals surface area (Å²) in [5.74, 6) is 0.679. The molecule has 18 heavy (non-hydrogen) atoms. The van der Waals surface area contributed by atoms with Gasteiger partial charge in [-0.15, -0.1) is 5.10 Å². The second-order valence-electron chi connectivity index (χ2n) is 4.88. The summed E-state index contributed by atoms with van der Waals surface area (Å²) >= 11 is 1.45. The van der Waals surface area contributed by atoms with Gasteiger partial charge < -0.3 is 5.32 Å². The number of nitrogens with zero attached hydrogens (tertiary/aromatic N) is 2. The van der Waals surface area contributed by atoms with Crippen molar-refractivity contribution in [2.45, 2.75) is 26.3 Å². The first-order valence-electron chi connectivity index (χ1n) is 6.24. The lowest BCUT2D eigenvalue weighted by molar-refractivity contribution is 0.643. The third kappa shape index (κ3) is 3.15. The van der Waals surface area contributed by atoms with Crippen LogP contribution in [-0.4, -0.2) is 16.6 Å². The van der Waals surface area contributed by atoms with Crippen LogP contribution >= 0.6 is 11.5 Å². The van der Waals surface area contributed by atoms with E-state index in [1.807, 2.05) is 13.2 Å². The van der Waals surface area contributed by atoms with Crippen LogP contribution in [0.15, 0.2) is 30.5 Å². The minimum absolute atomic E-state index is 0.192. The second kappa shape index (κ2) is 6.07. The van der Waals surface area contributed by atoms with E-state index in [1.165, 1.54) is 22.7 Å². The van der Waals surface area contributed by atoms with Gasteiger partial charge >= 0.3 is 0 Å². The molecule has 0 bridgehead atoms. The Bertz CT molecular complexity index is 480. The zero-order chi connectivity index (χ0) is 13.0. The highest BCUT2D eigenvalue weighted by Gasteiger charge is 2.14. The molecule has 0 saturated heterocycles. The molecule has 2 rings (SSSR count). The molecule has 0 spiro atoms. The van der Waals surface area contributed by atoms with E-state index in [4.69, 9.17) is 0 Å². The zero-order valence-corrected chi connectivity index (χ0v) is 11.9. The number of aromatic nitrogens is 2. The Morgan fingerprint density at radius 3 is 2.78 bits per heavy atom. The summed E-state index contributed by atoms with van der Waals surface area (Å²) < 4.78 is 3.94. The lowest BCUT2D eigenvalue weighted by atomic mass is 9.98. The van der Waals surface area contributed by atoms with Gasteiger partial charge in [0.15, 0.2) is 0 Å². The molecule has 0 aliphatic heterocycles. The van der Waals surface area contributed by atoms with Crippen LogP contribution in [0.3, 0.4) is 0 Å². The van der Waals surface area contributed by atoms with Crippen molar-refractivity contribution in [2.75, 3.05) is 7.05 Å². The molecular weight excluding hydrogens is 242 g/mol. The maximum absolute atomic E-state index is 3.94. The van der Waals surface area contributed by atoms with E-state index in [9.17, 15) is 0 Å². The maximum Gasteiger partial charge on any atom is 0.0701 e. The van der Waals surface area contributed by atoms with Gasteiger partial charge in [-0.2, -0.15) is 0 Å². The van der Waals surface area contributed by atoms with Gasteiger partial charge in [-0.25, -0.2) is 0 Å². The predicted octanol–water partition coefficient (Wildman–Crippen LogP) is 3.05. The first-order valence-corrected chi connectivity index (χ1v) is 7.01. The number of hydrogen-bond acceptors (Lipinski definition) is 4. The van der Waals surface area contributed by atoms with E-state index in [2.05, 4.69) is 53.0 Å². The lowest BCUT2D eigenvalue weighted by Gasteiger charge is -2.15. The summed E-state index contributed by atoms with van der Waals surface area (Å²) in [4.78, 5) is 1.15. The van der Waals surface area contributed by atoms with Crippen molar-refractivity contribution >= 4 is 11.5 Å². The van der Waals surface area contributed by atoms with Crippen LogP contribution in [0, 0.1) is 5.92 Å². The van der Waals surface area contributed by atoms with Crippen molar-refractivity contribution in [3.63, 3.8) is 0 Å². The Kier molecular flexibility index (Phi) is 4.44. The summed E-state index contributed by atoms with van der Waals surface area (Å²) in [6.45, 7) is 4.49. The molecule has 4 heteroatoms. The van der Waals surface area contributed by atoms with E-state index in [0.29, 0.717) is 5.92 Å². The highest BCUT2D eigenvalue weighted by atomic mass is 32.1. The summed E-state index contributed by atoms with van der Waals surface area (Å²) in [6.07, 6.45) is 2.95. The average molecular weight is 261 g/mol. The third-order valence-electron chi connectivity index (χ3n) is 2.88. The number of nitrogens with one attached hydrogen (secondary N) is 1. The molecule has 3 nitrogen and oxygen atoms in total. The van der Waals surface area contributed by atoms with Crippen molar-refractivity contribution in [1.29, 1.82) is 0 Å². The smallest absolute Gasteiger partial charge is 0.0701 e. The molecule has 2 aromatic rings. The van der Waals surface area contributed by atoms with E-state index in [0.717, 1.165) is 11.3 Å². The van der Waals surface area contributed by atoms with Gasteiger partial charge in [0.25, 0.3) is 0 Å². The summed E-state index contributed by atoms with van der Waals surface area (Å²) in [7, 11) is 1.97. The Labute approximate surface area is 112 Å². The highest BCUT2D eigenvalue weighted by Crippen LogP contribution is 2.24. The van der Waals surface area contributed by atoms with Crippen LogP contribution in [0.1, 0.15) is 35.9 Å². The summed E-state index contributed by atoms with van der Waals surface area (Å²) in [6, 6.07) is 8.95. The largest absolute Gasteiger partial charge is 0.309 e. The SMILES string of the molecule is CNC(c1cccc(CC(C)C)c1)c1cnns1. The maximum atomic E-state index is 3.94. The number of benzene rings is 1. The highest BCUT2D eigenvalue weighted by molar-refractivity contribution is 7.05. The molecule has 0 aliphatic carbocycles. The van der Waals surface area contributed by atoms with Crippen molar-refractivity contribution < 1.29 is 0 Å². The van der Waals surface area contributed by atoms with Gasteiger partial charge in [-0.1, -0.05) is 42.6 Å². The fourth-order valence-electron chi connectivity index (χ4n) is 2.15. The van der Waals surface area contributed by atoms with Crippen molar-refractivity contribution in [3.8, 4) is 0 Å². The molecule has 1 N–H and O–H groups in total. The molecular formula is C14H19N3S. The minimum Gasteiger partial charge on any atom is -0.309 e. The molecule has 96 valence electrons. The lowest BCUT2D eigenvalue weighted by Crippen LogP contribution is -2.16. The quantitative estimate of drug-likeness (QED) is 0.899. The molecule has 1 atom stereocenters. The van der Waals surface area contributed by atoms with Gasteiger partial charge in [0.2, 0.25) is 0 Å². The molecule has 0 saturated carbocycles. The molecule has 1 heterocycles. The van der Waals surface area contributed by atoms with E-state index >= 15 is 0 Å². The number of rotatable bonds is 5. The minimum atomic E-state index is 0.192. The predicted molar refractivity (Wildman–Crippen MR) is 75.8 cm³/mol. The Morgan fingerprint density at radius 2 is 2.17 bits per heavy atom. The van der Waals surface area contributed by atoms with Gasteiger partial charge in [0, 0.05) is 0 Å². The monoisotopic (exact) mass is 261 g/mol. The van der Waals surface area contributed by atoms with Crippen LogP contribution in [-0.2, 0) is 6.42 Å². The summed E-state index contributed by atoms with van der Waals surface area (Å²) in [5.41, 5.74) is 2.67.